The Balaban J connectivity index is 1.66. The molecule has 1 N–H and O–H groups in total. The first-order valence-electron chi connectivity index (χ1n) is 7.53. The molecule has 1 fully saturated rings. The molecule has 0 aliphatic carbocycles. The van der Waals surface area contributed by atoms with Crippen LogP contribution in [-0.2, 0) is 9.47 Å². The fourth-order valence-electron chi connectivity index (χ4n) is 2.33. The molecular weight excluding hydrogens is 288 g/mol. The highest BCUT2D eigenvalue weighted by molar-refractivity contribution is 5.48. The van der Waals surface area contributed by atoms with Gasteiger partial charge in [0.2, 0.25) is 0 Å². The molecule has 0 atom stereocenters. The second-order valence-corrected chi connectivity index (χ2v) is 5.30. The Morgan fingerprint density at radius 3 is 2.77 bits per heavy atom. The van der Waals surface area contributed by atoms with E-state index in [9.17, 15) is 10.1 Å². The van der Waals surface area contributed by atoms with Crippen molar-refractivity contribution in [1.29, 1.82) is 0 Å². The van der Waals surface area contributed by atoms with Gasteiger partial charge in [-0.2, -0.15) is 0 Å². The highest BCUT2D eigenvalue weighted by Crippen LogP contribution is 2.27. The smallest absolute Gasteiger partial charge is 0.310 e. The van der Waals surface area contributed by atoms with E-state index in [2.05, 4.69) is 0 Å². The largest absolute Gasteiger partial charge is 0.484 e. The van der Waals surface area contributed by atoms with Gasteiger partial charge in [0.15, 0.2) is 5.75 Å². The van der Waals surface area contributed by atoms with Crippen LogP contribution >= 0.6 is 0 Å². The molecule has 0 saturated carbocycles. The van der Waals surface area contributed by atoms with Crippen molar-refractivity contribution in [2.24, 2.45) is 0 Å². The molecule has 0 amide bonds. The van der Waals surface area contributed by atoms with E-state index in [1.165, 1.54) is 11.0 Å². The zero-order valence-electron chi connectivity index (χ0n) is 12.9. The third kappa shape index (κ3) is 5.25. The summed E-state index contributed by atoms with van der Waals surface area (Å²) < 4.78 is 16.3. The van der Waals surface area contributed by atoms with Crippen LogP contribution in [0.4, 0.5) is 5.69 Å². The van der Waals surface area contributed by atoms with Crippen molar-refractivity contribution in [1.82, 2.24) is 0 Å². The molecule has 7 heteroatoms. The fraction of sp³-hybridized carbons (Fsp3) is 0.600. The number of nitro groups is 1. The molecule has 1 saturated heterocycles. The van der Waals surface area contributed by atoms with Gasteiger partial charge in [0.05, 0.1) is 31.4 Å². The number of nitro benzene ring substituents is 1. The molecule has 1 aliphatic rings. The average Bonchev–Trinajstić information content (AvgIpc) is 2.51. The topological polar surface area (TPSA) is 75.3 Å². The Kier molecular flexibility index (Phi) is 6.57. The number of ether oxygens (including phenoxy) is 3. The van der Waals surface area contributed by atoms with E-state index < -0.39 is 4.92 Å². The Labute approximate surface area is 129 Å². The van der Waals surface area contributed by atoms with Crippen molar-refractivity contribution >= 4 is 5.69 Å². The molecule has 1 heterocycles. The lowest BCUT2D eigenvalue weighted by atomic mass is 10.2. The van der Waals surface area contributed by atoms with Crippen LogP contribution in [0.5, 0.6) is 5.75 Å². The van der Waals surface area contributed by atoms with E-state index in [0.717, 1.165) is 38.4 Å². The monoisotopic (exact) mass is 311 g/mol. The maximum atomic E-state index is 10.9. The summed E-state index contributed by atoms with van der Waals surface area (Å²) in [6.07, 6.45) is 0. The Morgan fingerprint density at radius 2 is 2.05 bits per heavy atom. The number of quaternary nitrogens is 1. The number of hydrogen-bond donors (Lipinski definition) is 1. The molecule has 22 heavy (non-hydrogen) atoms. The molecule has 0 aromatic heterocycles. The molecule has 2 rings (SSSR count). The molecule has 1 aromatic rings. The van der Waals surface area contributed by atoms with Gasteiger partial charge in [-0.15, -0.1) is 0 Å². The molecule has 0 radical (unpaired) electrons. The van der Waals surface area contributed by atoms with E-state index >= 15 is 0 Å². The molecular formula is C15H23N2O5+. The number of hydrogen-bond acceptors (Lipinski definition) is 5. The predicted molar refractivity (Wildman–Crippen MR) is 80.5 cm³/mol. The number of aryl methyl sites for hydroxylation is 1. The minimum Gasteiger partial charge on any atom is -0.484 e. The summed E-state index contributed by atoms with van der Waals surface area (Å²) in [7, 11) is 0. The molecule has 122 valence electrons. The van der Waals surface area contributed by atoms with Crippen LogP contribution in [0.2, 0.25) is 0 Å². The first kappa shape index (κ1) is 16.7. The van der Waals surface area contributed by atoms with E-state index in [1.807, 2.05) is 6.92 Å². The van der Waals surface area contributed by atoms with Gasteiger partial charge in [-0.25, -0.2) is 0 Å². The van der Waals surface area contributed by atoms with Gasteiger partial charge in [0.25, 0.3) is 0 Å². The summed E-state index contributed by atoms with van der Waals surface area (Å²) in [6.45, 7) is 7.90. The Bertz CT molecular complexity index is 489. The van der Waals surface area contributed by atoms with Crippen LogP contribution in [0.1, 0.15) is 5.56 Å². The number of benzene rings is 1. The zero-order valence-corrected chi connectivity index (χ0v) is 12.9. The standard InChI is InChI=1S/C15H22N2O5/c1-13-2-3-14(17(18)19)15(12-13)22-11-10-21-9-6-16-4-7-20-8-5-16/h2-3,12H,4-11H2,1H3/p+1. The lowest BCUT2D eigenvalue weighted by molar-refractivity contribution is -0.908. The van der Waals surface area contributed by atoms with Crippen molar-refractivity contribution in [3.63, 3.8) is 0 Å². The number of rotatable bonds is 8. The van der Waals surface area contributed by atoms with Gasteiger partial charge >= 0.3 is 5.69 Å². The molecule has 0 unspecified atom stereocenters. The lowest BCUT2D eigenvalue weighted by Gasteiger charge is -2.23. The van der Waals surface area contributed by atoms with Crippen LogP contribution in [0, 0.1) is 17.0 Å². The number of morpholine rings is 1. The van der Waals surface area contributed by atoms with Crippen LogP contribution in [0.3, 0.4) is 0 Å². The van der Waals surface area contributed by atoms with E-state index in [4.69, 9.17) is 14.2 Å². The molecule has 0 spiro atoms. The maximum absolute atomic E-state index is 10.9. The molecule has 1 aromatic carbocycles. The second-order valence-electron chi connectivity index (χ2n) is 5.30. The van der Waals surface area contributed by atoms with Crippen molar-refractivity contribution < 1.29 is 24.0 Å². The van der Waals surface area contributed by atoms with Crippen LogP contribution in [0.25, 0.3) is 0 Å². The first-order valence-corrected chi connectivity index (χ1v) is 7.53. The third-order valence-electron chi connectivity index (χ3n) is 3.60. The van der Waals surface area contributed by atoms with Gasteiger partial charge in [-0.1, -0.05) is 6.07 Å². The summed E-state index contributed by atoms with van der Waals surface area (Å²) in [6, 6.07) is 4.84. The third-order valence-corrected chi connectivity index (χ3v) is 3.60. The second kappa shape index (κ2) is 8.67. The highest BCUT2D eigenvalue weighted by atomic mass is 16.6. The summed E-state index contributed by atoms with van der Waals surface area (Å²) in [5.74, 6) is 0.299. The predicted octanol–water partition coefficient (Wildman–Crippen LogP) is 0.214. The van der Waals surface area contributed by atoms with Gasteiger partial charge in [-0.05, 0) is 18.6 Å². The molecule has 1 aliphatic heterocycles. The average molecular weight is 311 g/mol. The van der Waals surface area contributed by atoms with Crippen LogP contribution in [0.15, 0.2) is 18.2 Å². The minimum atomic E-state index is -0.433. The quantitative estimate of drug-likeness (QED) is 0.422. The summed E-state index contributed by atoms with van der Waals surface area (Å²) in [5, 5.41) is 10.9. The van der Waals surface area contributed by atoms with E-state index in [0.29, 0.717) is 25.6 Å². The molecule has 7 nitrogen and oxygen atoms in total. The van der Waals surface area contributed by atoms with Gasteiger partial charge < -0.3 is 19.1 Å². The highest BCUT2D eigenvalue weighted by Gasteiger charge is 2.15. The van der Waals surface area contributed by atoms with Gasteiger partial charge in [-0.3, -0.25) is 10.1 Å². The van der Waals surface area contributed by atoms with E-state index in [-0.39, 0.29) is 5.69 Å². The Hall–Kier alpha value is -1.70. The maximum Gasteiger partial charge on any atom is 0.310 e. The van der Waals surface area contributed by atoms with Gasteiger partial charge in [0.1, 0.15) is 26.2 Å². The fourth-order valence-corrected chi connectivity index (χ4v) is 2.33. The van der Waals surface area contributed by atoms with E-state index in [1.54, 1.807) is 12.1 Å². The van der Waals surface area contributed by atoms with Gasteiger partial charge in [0, 0.05) is 6.07 Å². The number of nitrogens with zero attached hydrogens (tertiary/aromatic N) is 1. The molecule has 0 bridgehead atoms. The minimum absolute atomic E-state index is 0.0108. The van der Waals surface area contributed by atoms with Crippen molar-refractivity contribution in [3.05, 3.63) is 33.9 Å². The Morgan fingerprint density at radius 1 is 1.27 bits per heavy atom. The first-order chi connectivity index (χ1) is 10.7. The van der Waals surface area contributed by atoms with Crippen LogP contribution in [-0.4, -0.2) is 57.6 Å². The number of nitrogens with one attached hydrogen (secondary N) is 1. The zero-order chi connectivity index (χ0) is 15.8. The SMILES string of the molecule is Cc1ccc([N+](=O)[O-])c(OCCOCC[NH+]2CCOCC2)c1. The van der Waals surface area contributed by atoms with Crippen LogP contribution < -0.4 is 9.64 Å². The summed E-state index contributed by atoms with van der Waals surface area (Å²) in [4.78, 5) is 12.0. The lowest BCUT2D eigenvalue weighted by Crippen LogP contribution is -3.14. The summed E-state index contributed by atoms with van der Waals surface area (Å²) >= 11 is 0. The summed E-state index contributed by atoms with van der Waals surface area (Å²) in [5.41, 5.74) is 0.917. The van der Waals surface area contributed by atoms with Crippen molar-refractivity contribution in [3.8, 4) is 5.75 Å². The van der Waals surface area contributed by atoms with Crippen molar-refractivity contribution in [2.75, 3.05) is 52.7 Å². The van der Waals surface area contributed by atoms with Crippen molar-refractivity contribution in [2.45, 2.75) is 6.92 Å². The normalized spacial score (nSPS) is 15.7.